The van der Waals surface area contributed by atoms with E-state index in [0.717, 1.165) is 18.7 Å². The zero-order valence-corrected chi connectivity index (χ0v) is 18.6. The second-order valence-electron chi connectivity index (χ2n) is 8.26. The maximum Gasteiger partial charge on any atom is 0.260 e. The van der Waals surface area contributed by atoms with E-state index in [-0.39, 0.29) is 24.1 Å². The molecule has 170 valence electrons. The van der Waals surface area contributed by atoms with Gasteiger partial charge >= 0.3 is 0 Å². The van der Waals surface area contributed by atoms with Crippen molar-refractivity contribution in [1.82, 2.24) is 15.0 Å². The molecule has 1 saturated heterocycles. The number of ether oxygens (including phenoxy) is 1. The minimum absolute atomic E-state index is 0.0874. The van der Waals surface area contributed by atoms with Gasteiger partial charge in [0.2, 0.25) is 5.95 Å². The van der Waals surface area contributed by atoms with Gasteiger partial charge in [0.05, 0.1) is 24.9 Å². The molecule has 1 aromatic carbocycles. The molecule has 5 rings (SSSR count). The molecule has 2 aliphatic rings. The first-order valence-corrected chi connectivity index (χ1v) is 11.0. The van der Waals surface area contributed by atoms with Crippen LogP contribution in [0.5, 0.6) is 5.75 Å². The number of methoxy groups -OCH3 is 1. The van der Waals surface area contributed by atoms with Crippen LogP contribution in [0, 0.1) is 5.82 Å². The van der Waals surface area contributed by atoms with Crippen molar-refractivity contribution < 1.29 is 13.9 Å². The van der Waals surface area contributed by atoms with Crippen LogP contribution in [-0.4, -0.2) is 47.1 Å². The number of aryl methyl sites for hydroxylation is 1. The smallest absolute Gasteiger partial charge is 0.260 e. The van der Waals surface area contributed by atoms with E-state index < -0.39 is 5.82 Å². The molecular formula is C24H25FN6O2. The highest BCUT2D eigenvalue weighted by atomic mass is 19.1. The summed E-state index contributed by atoms with van der Waals surface area (Å²) in [4.78, 5) is 30.8. The summed E-state index contributed by atoms with van der Waals surface area (Å²) in [7, 11) is 1.48. The number of fused-ring (bicyclic) bond motifs is 1. The van der Waals surface area contributed by atoms with E-state index in [0.29, 0.717) is 47.3 Å². The average molecular weight is 449 g/mol. The summed E-state index contributed by atoms with van der Waals surface area (Å²) in [6, 6.07) is 8.20. The van der Waals surface area contributed by atoms with E-state index in [9.17, 15) is 9.18 Å². The van der Waals surface area contributed by atoms with E-state index in [4.69, 9.17) is 15.5 Å². The Morgan fingerprint density at radius 3 is 2.85 bits per heavy atom. The molecular weight excluding hydrogens is 423 g/mol. The molecule has 1 amide bonds. The molecule has 2 aromatic heterocycles. The van der Waals surface area contributed by atoms with Gasteiger partial charge in [-0.25, -0.2) is 9.37 Å². The fourth-order valence-electron chi connectivity index (χ4n) is 4.43. The second kappa shape index (κ2) is 8.40. The van der Waals surface area contributed by atoms with Gasteiger partial charge in [0.25, 0.3) is 5.91 Å². The third-order valence-electron chi connectivity index (χ3n) is 6.18. The van der Waals surface area contributed by atoms with E-state index >= 15 is 0 Å². The third kappa shape index (κ3) is 3.68. The van der Waals surface area contributed by atoms with Crippen LogP contribution in [0.25, 0.3) is 11.3 Å². The predicted molar refractivity (Wildman–Crippen MR) is 123 cm³/mol. The molecule has 0 radical (unpaired) electrons. The van der Waals surface area contributed by atoms with Gasteiger partial charge in [-0.15, -0.1) is 0 Å². The largest absolute Gasteiger partial charge is 0.496 e. The lowest BCUT2D eigenvalue weighted by atomic mass is 10.0. The van der Waals surface area contributed by atoms with Crippen LogP contribution in [0.3, 0.4) is 0 Å². The van der Waals surface area contributed by atoms with Crippen molar-refractivity contribution in [3.63, 3.8) is 0 Å². The van der Waals surface area contributed by atoms with Crippen molar-refractivity contribution in [1.29, 1.82) is 0 Å². The van der Waals surface area contributed by atoms with E-state index in [1.54, 1.807) is 23.1 Å². The lowest BCUT2D eigenvalue weighted by Gasteiger charge is -2.21. The van der Waals surface area contributed by atoms with Gasteiger partial charge in [-0.1, -0.05) is 13.0 Å². The fourth-order valence-corrected chi connectivity index (χ4v) is 4.43. The van der Waals surface area contributed by atoms with Crippen molar-refractivity contribution >= 4 is 17.7 Å². The Kier molecular flexibility index (Phi) is 5.41. The summed E-state index contributed by atoms with van der Waals surface area (Å²) in [5.74, 6) is 0.808. The number of nitrogens with zero attached hydrogens (tertiary/aromatic N) is 5. The third-order valence-corrected chi connectivity index (χ3v) is 6.18. The van der Waals surface area contributed by atoms with Crippen LogP contribution in [0.1, 0.15) is 35.0 Å². The Hall–Kier alpha value is -3.59. The molecule has 1 atom stereocenters. The van der Waals surface area contributed by atoms with Gasteiger partial charge in [-0.2, -0.15) is 4.98 Å². The molecule has 33 heavy (non-hydrogen) atoms. The number of benzene rings is 1. The Morgan fingerprint density at radius 2 is 2.12 bits per heavy atom. The first-order chi connectivity index (χ1) is 16.0. The topological polar surface area (TPSA) is 97.5 Å². The van der Waals surface area contributed by atoms with Crippen LogP contribution in [-0.2, 0) is 13.0 Å². The number of nitrogens with two attached hydrogens (primary N) is 1. The summed E-state index contributed by atoms with van der Waals surface area (Å²) >= 11 is 0. The van der Waals surface area contributed by atoms with E-state index in [1.165, 1.54) is 19.4 Å². The quantitative estimate of drug-likeness (QED) is 0.641. The van der Waals surface area contributed by atoms with Crippen molar-refractivity contribution in [2.75, 3.05) is 30.0 Å². The Balaban J connectivity index is 1.56. The minimum Gasteiger partial charge on any atom is -0.496 e. The first-order valence-electron chi connectivity index (χ1n) is 11.0. The average Bonchev–Trinajstić information content (AvgIpc) is 3.42. The molecule has 2 aliphatic heterocycles. The number of carbonyl (C=O) groups excluding carboxylic acids is 1. The van der Waals surface area contributed by atoms with Gasteiger partial charge < -0.3 is 15.4 Å². The second-order valence-corrected chi connectivity index (χ2v) is 8.26. The van der Waals surface area contributed by atoms with Crippen LogP contribution in [0.15, 0.2) is 36.5 Å². The Morgan fingerprint density at radius 1 is 1.27 bits per heavy atom. The van der Waals surface area contributed by atoms with Crippen LogP contribution < -0.4 is 20.3 Å². The lowest BCUT2D eigenvalue weighted by Crippen LogP contribution is -2.29. The highest BCUT2D eigenvalue weighted by Crippen LogP contribution is 2.38. The highest BCUT2D eigenvalue weighted by Gasteiger charge is 2.34. The summed E-state index contributed by atoms with van der Waals surface area (Å²) in [5, 5.41) is 0. The molecule has 0 spiro atoms. The number of anilines is 2. The summed E-state index contributed by atoms with van der Waals surface area (Å²) in [5.41, 5.74) is 8.68. The molecule has 1 fully saturated rings. The standard InChI is InChI=1S/C24H25FN6O2/c1-3-15-11-20(29-24(28-15)30-10-8-14(26)12-30)31-13-17-16(23(31)32)7-9-27-22(17)21-18(25)5-4-6-19(21)33-2/h4-7,9,11,14H,3,8,10,12-13,26H2,1-2H3/t14-/m1/s1. The van der Waals surface area contributed by atoms with Crippen LogP contribution in [0.2, 0.25) is 0 Å². The number of halogens is 1. The molecule has 4 heterocycles. The Labute approximate surface area is 191 Å². The van der Waals surface area contributed by atoms with Crippen molar-refractivity contribution in [2.24, 2.45) is 5.73 Å². The molecule has 0 saturated carbocycles. The summed E-state index contributed by atoms with van der Waals surface area (Å²) in [6.45, 7) is 3.71. The zero-order valence-electron chi connectivity index (χ0n) is 18.6. The minimum atomic E-state index is -0.455. The number of hydrogen-bond acceptors (Lipinski definition) is 7. The number of rotatable bonds is 5. The van der Waals surface area contributed by atoms with Gasteiger partial charge in [-0.05, 0) is 31.0 Å². The molecule has 0 bridgehead atoms. The maximum absolute atomic E-state index is 14.8. The van der Waals surface area contributed by atoms with Crippen LogP contribution in [0.4, 0.5) is 16.2 Å². The SMILES string of the molecule is CCc1cc(N2Cc3c(ccnc3-c3c(F)cccc3OC)C2=O)nc(N2CC[C@@H](N)C2)n1. The van der Waals surface area contributed by atoms with Crippen molar-refractivity contribution in [3.8, 4) is 17.0 Å². The number of aromatic nitrogens is 3. The molecule has 8 nitrogen and oxygen atoms in total. The molecule has 3 aromatic rings. The van der Waals surface area contributed by atoms with E-state index in [2.05, 4.69) is 14.9 Å². The van der Waals surface area contributed by atoms with E-state index in [1.807, 2.05) is 13.0 Å². The maximum atomic E-state index is 14.8. The summed E-state index contributed by atoms with van der Waals surface area (Å²) < 4.78 is 20.2. The molecule has 9 heteroatoms. The molecule has 0 unspecified atom stereocenters. The highest BCUT2D eigenvalue weighted by molar-refractivity contribution is 6.10. The zero-order chi connectivity index (χ0) is 23.1. The number of pyridine rings is 1. The van der Waals surface area contributed by atoms with Crippen LogP contribution >= 0.6 is 0 Å². The van der Waals surface area contributed by atoms with Gasteiger partial charge in [-0.3, -0.25) is 14.7 Å². The normalized spacial score (nSPS) is 17.6. The fraction of sp³-hybridized carbons (Fsp3) is 0.333. The van der Waals surface area contributed by atoms with Gasteiger partial charge in [0.15, 0.2) is 0 Å². The predicted octanol–water partition coefficient (Wildman–Crippen LogP) is 2.95. The van der Waals surface area contributed by atoms with Crippen molar-refractivity contribution in [2.45, 2.75) is 32.4 Å². The molecule has 0 aliphatic carbocycles. The van der Waals surface area contributed by atoms with Crippen molar-refractivity contribution in [3.05, 3.63) is 59.2 Å². The monoisotopic (exact) mass is 448 g/mol. The number of amides is 1. The summed E-state index contributed by atoms with van der Waals surface area (Å²) in [6.07, 6.45) is 3.11. The molecule has 2 N–H and O–H groups in total. The first kappa shape index (κ1) is 21.3. The van der Waals surface area contributed by atoms with Gasteiger partial charge in [0, 0.05) is 48.2 Å². The number of carbonyl (C=O) groups is 1. The Bertz CT molecular complexity index is 1230. The van der Waals surface area contributed by atoms with Gasteiger partial charge in [0.1, 0.15) is 17.4 Å². The lowest BCUT2D eigenvalue weighted by molar-refractivity contribution is 0.0996. The number of hydrogen-bond donors (Lipinski definition) is 1.